The third-order valence-electron chi connectivity index (χ3n) is 2.70. The fourth-order valence-corrected chi connectivity index (χ4v) is 1.68. The van der Waals surface area contributed by atoms with Crippen LogP contribution in [0.3, 0.4) is 0 Å². The van der Waals surface area contributed by atoms with E-state index in [1.165, 1.54) is 5.56 Å². The zero-order valence-corrected chi connectivity index (χ0v) is 9.97. The van der Waals surface area contributed by atoms with E-state index < -0.39 is 0 Å². The molecule has 17 heavy (non-hydrogen) atoms. The molecule has 0 saturated carbocycles. The number of ether oxygens (including phenoxy) is 1. The Morgan fingerprint density at radius 2 is 1.65 bits per heavy atom. The Bertz CT molecular complexity index is 471. The first-order valence-electron chi connectivity index (χ1n) is 5.73. The summed E-state index contributed by atoms with van der Waals surface area (Å²) in [5, 5.41) is 0. The normalized spacial score (nSPS) is 11.8. The van der Waals surface area contributed by atoms with Crippen LogP contribution < -0.4 is 4.74 Å². The molecule has 0 radical (unpaired) electrons. The molecule has 0 heterocycles. The van der Waals surface area contributed by atoms with Crippen molar-refractivity contribution in [3.05, 3.63) is 72.3 Å². The number of hydrogen-bond acceptors (Lipinski definition) is 1. The molecule has 1 heteroatoms. The highest BCUT2D eigenvalue weighted by molar-refractivity contribution is 5.48. The maximum atomic E-state index is 5.87. The van der Waals surface area contributed by atoms with Crippen molar-refractivity contribution in [2.75, 3.05) is 0 Å². The average molecular weight is 224 g/mol. The molecule has 1 nitrogen and oxygen atoms in total. The zero-order chi connectivity index (χ0) is 12.1. The maximum absolute atomic E-state index is 5.87. The van der Waals surface area contributed by atoms with Gasteiger partial charge in [0.2, 0.25) is 0 Å². The molecule has 0 saturated heterocycles. The standard InChI is InChI=1S/C16H16O/c1-3-14-9-11-16(12-10-14)17-13(2)15-7-5-4-6-8-15/h3-13H,1H2,2H3. The molecule has 0 aliphatic rings. The number of rotatable bonds is 4. The molecule has 0 amide bonds. The third kappa shape index (κ3) is 2.97. The Hall–Kier alpha value is -2.02. The van der Waals surface area contributed by atoms with Gasteiger partial charge < -0.3 is 4.74 Å². The first kappa shape index (κ1) is 11.5. The molecule has 86 valence electrons. The van der Waals surface area contributed by atoms with Crippen LogP contribution in [-0.2, 0) is 0 Å². The van der Waals surface area contributed by atoms with Gasteiger partial charge in [0.15, 0.2) is 0 Å². The monoisotopic (exact) mass is 224 g/mol. The van der Waals surface area contributed by atoms with Gasteiger partial charge in [0.1, 0.15) is 11.9 Å². The zero-order valence-electron chi connectivity index (χ0n) is 9.97. The predicted octanol–water partition coefficient (Wildman–Crippen LogP) is 4.47. The fourth-order valence-electron chi connectivity index (χ4n) is 1.68. The summed E-state index contributed by atoms with van der Waals surface area (Å²) < 4.78 is 5.87. The summed E-state index contributed by atoms with van der Waals surface area (Å²) >= 11 is 0. The van der Waals surface area contributed by atoms with E-state index in [1.807, 2.05) is 48.5 Å². The lowest BCUT2D eigenvalue weighted by Crippen LogP contribution is -2.02. The van der Waals surface area contributed by atoms with E-state index in [0.29, 0.717) is 0 Å². The van der Waals surface area contributed by atoms with E-state index in [-0.39, 0.29) is 6.10 Å². The summed E-state index contributed by atoms with van der Waals surface area (Å²) in [7, 11) is 0. The van der Waals surface area contributed by atoms with Crippen molar-refractivity contribution in [3.8, 4) is 5.75 Å². The van der Waals surface area contributed by atoms with E-state index in [0.717, 1.165) is 11.3 Å². The van der Waals surface area contributed by atoms with Gasteiger partial charge in [0.05, 0.1) is 0 Å². The Morgan fingerprint density at radius 1 is 1.00 bits per heavy atom. The quantitative estimate of drug-likeness (QED) is 0.744. The largest absolute Gasteiger partial charge is 0.486 e. The lowest BCUT2D eigenvalue weighted by Gasteiger charge is -2.15. The summed E-state index contributed by atoms with van der Waals surface area (Å²) in [5.41, 5.74) is 2.28. The highest BCUT2D eigenvalue weighted by atomic mass is 16.5. The van der Waals surface area contributed by atoms with E-state index >= 15 is 0 Å². The van der Waals surface area contributed by atoms with Gasteiger partial charge in [-0.2, -0.15) is 0 Å². The second-order valence-corrected chi connectivity index (χ2v) is 3.94. The minimum absolute atomic E-state index is 0.0609. The molecule has 0 N–H and O–H groups in total. The van der Waals surface area contributed by atoms with Gasteiger partial charge in [-0.25, -0.2) is 0 Å². The smallest absolute Gasteiger partial charge is 0.121 e. The molecule has 0 fully saturated rings. The molecular formula is C16H16O. The molecule has 0 aliphatic heterocycles. The minimum Gasteiger partial charge on any atom is -0.486 e. The Morgan fingerprint density at radius 3 is 2.24 bits per heavy atom. The van der Waals surface area contributed by atoms with Gasteiger partial charge in [0.25, 0.3) is 0 Å². The Kier molecular flexibility index (Phi) is 3.61. The summed E-state index contributed by atoms with van der Waals surface area (Å²) in [6.07, 6.45) is 1.88. The van der Waals surface area contributed by atoms with Crippen LogP contribution in [0.5, 0.6) is 5.75 Å². The molecular weight excluding hydrogens is 208 g/mol. The van der Waals surface area contributed by atoms with Gasteiger partial charge in [0, 0.05) is 0 Å². The van der Waals surface area contributed by atoms with Crippen LogP contribution in [0, 0.1) is 0 Å². The maximum Gasteiger partial charge on any atom is 0.121 e. The van der Waals surface area contributed by atoms with Crippen LogP contribution in [-0.4, -0.2) is 0 Å². The van der Waals surface area contributed by atoms with Crippen LogP contribution in [0.15, 0.2) is 61.2 Å². The Balaban J connectivity index is 2.07. The van der Waals surface area contributed by atoms with Gasteiger partial charge in [-0.1, -0.05) is 55.1 Å². The molecule has 2 aromatic rings. The van der Waals surface area contributed by atoms with Crippen LogP contribution in [0.2, 0.25) is 0 Å². The van der Waals surface area contributed by atoms with Crippen LogP contribution in [0.4, 0.5) is 0 Å². The predicted molar refractivity (Wildman–Crippen MR) is 72.0 cm³/mol. The summed E-state index contributed by atoms with van der Waals surface area (Å²) in [4.78, 5) is 0. The average Bonchev–Trinajstić information content (AvgIpc) is 2.40. The van der Waals surface area contributed by atoms with Crippen molar-refractivity contribution in [2.45, 2.75) is 13.0 Å². The van der Waals surface area contributed by atoms with Crippen LogP contribution >= 0.6 is 0 Å². The second kappa shape index (κ2) is 5.35. The second-order valence-electron chi connectivity index (χ2n) is 3.94. The number of benzene rings is 2. The van der Waals surface area contributed by atoms with Crippen molar-refractivity contribution in [3.63, 3.8) is 0 Å². The summed E-state index contributed by atoms with van der Waals surface area (Å²) in [6, 6.07) is 18.1. The van der Waals surface area contributed by atoms with Gasteiger partial charge in [-0.05, 0) is 30.2 Å². The summed E-state index contributed by atoms with van der Waals surface area (Å²) in [5.74, 6) is 0.881. The first-order chi connectivity index (χ1) is 8.29. The highest BCUT2D eigenvalue weighted by Crippen LogP contribution is 2.21. The lowest BCUT2D eigenvalue weighted by molar-refractivity contribution is 0.227. The molecule has 0 spiro atoms. The SMILES string of the molecule is C=Cc1ccc(OC(C)c2ccccc2)cc1. The lowest BCUT2D eigenvalue weighted by atomic mass is 10.1. The van der Waals surface area contributed by atoms with Gasteiger partial charge in [-0.15, -0.1) is 0 Å². The van der Waals surface area contributed by atoms with Crippen molar-refractivity contribution >= 4 is 6.08 Å². The van der Waals surface area contributed by atoms with Gasteiger partial charge in [-0.3, -0.25) is 0 Å². The molecule has 2 rings (SSSR count). The van der Waals surface area contributed by atoms with Crippen molar-refractivity contribution in [2.24, 2.45) is 0 Å². The molecule has 0 aliphatic carbocycles. The first-order valence-corrected chi connectivity index (χ1v) is 5.73. The van der Waals surface area contributed by atoms with Crippen molar-refractivity contribution in [1.29, 1.82) is 0 Å². The van der Waals surface area contributed by atoms with E-state index in [1.54, 1.807) is 0 Å². The van der Waals surface area contributed by atoms with E-state index in [2.05, 4.69) is 25.6 Å². The molecule has 0 aromatic heterocycles. The molecule has 0 bridgehead atoms. The summed E-state index contributed by atoms with van der Waals surface area (Å²) in [6.45, 7) is 5.78. The topological polar surface area (TPSA) is 9.23 Å². The minimum atomic E-state index is 0.0609. The van der Waals surface area contributed by atoms with Crippen molar-refractivity contribution < 1.29 is 4.74 Å². The molecule has 1 unspecified atom stereocenters. The van der Waals surface area contributed by atoms with Crippen molar-refractivity contribution in [1.82, 2.24) is 0 Å². The molecule has 2 aromatic carbocycles. The number of hydrogen-bond donors (Lipinski definition) is 0. The Labute approximate surface area is 102 Å². The highest BCUT2D eigenvalue weighted by Gasteiger charge is 2.05. The van der Waals surface area contributed by atoms with Crippen LogP contribution in [0.25, 0.3) is 6.08 Å². The van der Waals surface area contributed by atoms with Gasteiger partial charge >= 0.3 is 0 Å². The molecule has 1 atom stereocenters. The van der Waals surface area contributed by atoms with E-state index in [4.69, 9.17) is 4.74 Å². The van der Waals surface area contributed by atoms with Crippen LogP contribution in [0.1, 0.15) is 24.2 Å². The van der Waals surface area contributed by atoms with E-state index in [9.17, 15) is 0 Å². The fraction of sp³-hybridized carbons (Fsp3) is 0.125. The third-order valence-corrected chi connectivity index (χ3v) is 2.70.